The van der Waals surface area contributed by atoms with E-state index in [0.717, 1.165) is 56.7 Å². The van der Waals surface area contributed by atoms with Crippen LogP contribution >= 0.6 is 35.3 Å². The summed E-state index contributed by atoms with van der Waals surface area (Å²) in [5.74, 6) is 1.69. The molecule has 0 amide bonds. The van der Waals surface area contributed by atoms with Gasteiger partial charge in [-0.3, -0.25) is 4.90 Å². The number of methoxy groups -OCH3 is 1. The van der Waals surface area contributed by atoms with E-state index in [4.69, 9.17) is 14.5 Å². The average molecular weight is 530 g/mol. The maximum atomic E-state index is 5.53. The molecule has 1 fully saturated rings. The lowest BCUT2D eigenvalue weighted by Gasteiger charge is -2.34. The van der Waals surface area contributed by atoms with Crippen molar-refractivity contribution in [3.05, 3.63) is 52.2 Å². The fraction of sp³-hybridized carbons (Fsp3) is 0.476. The topological polar surface area (TPSA) is 58.1 Å². The van der Waals surface area contributed by atoms with E-state index < -0.39 is 0 Å². The van der Waals surface area contributed by atoms with Gasteiger partial charge in [0.25, 0.3) is 0 Å². The zero-order chi connectivity index (χ0) is 19.6. The van der Waals surface area contributed by atoms with Gasteiger partial charge in [0.1, 0.15) is 5.75 Å². The molecule has 1 unspecified atom stereocenters. The second-order valence-corrected chi connectivity index (χ2v) is 7.59. The summed E-state index contributed by atoms with van der Waals surface area (Å²) < 4.78 is 10.8. The van der Waals surface area contributed by atoms with Crippen LogP contribution in [0.2, 0.25) is 0 Å². The second kappa shape index (κ2) is 13.0. The molecule has 0 spiro atoms. The normalized spacial score (nSPS) is 16.0. The lowest BCUT2D eigenvalue weighted by Crippen LogP contribution is -2.46. The summed E-state index contributed by atoms with van der Waals surface area (Å²) in [6, 6.07) is 12.7. The van der Waals surface area contributed by atoms with Gasteiger partial charge >= 0.3 is 0 Å². The fourth-order valence-electron chi connectivity index (χ4n) is 3.26. The van der Waals surface area contributed by atoms with Gasteiger partial charge in [-0.25, -0.2) is 4.99 Å². The zero-order valence-corrected chi connectivity index (χ0v) is 20.2. The first-order valence-electron chi connectivity index (χ1n) is 9.80. The molecule has 8 heteroatoms. The van der Waals surface area contributed by atoms with Gasteiger partial charge < -0.3 is 20.1 Å². The first-order valence-corrected chi connectivity index (χ1v) is 10.7. The van der Waals surface area contributed by atoms with Gasteiger partial charge in [0.05, 0.1) is 32.9 Å². The van der Waals surface area contributed by atoms with Crippen molar-refractivity contribution in [2.45, 2.75) is 19.5 Å². The Balaban J connectivity index is 0.00000300. The highest BCUT2D eigenvalue weighted by molar-refractivity contribution is 14.0. The van der Waals surface area contributed by atoms with E-state index in [1.165, 1.54) is 4.88 Å². The Morgan fingerprint density at radius 2 is 2.07 bits per heavy atom. The molecule has 29 heavy (non-hydrogen) atoms. The molecule has 2 N–H and O–H groups in total. The van der Waals surface area contributed by atoms with Gasteiger partial charge in [0.2, 0.25) is 0 Å². The number of halogens is 1. The van der Waals surface area contributed by atoms with Crippen molar-refractivity contribution in [1.29, 1.82) is 0 Å². The SMILES string of the molecule is CCNC(=NCc1cccc(OC)c1)NCC(c1cccs1)N1CCOCC1.I. The number of nitrogens with zero attached hydrogens (tertiary/aromatic N) is 2. The quantitative estimate of drug-likeness (QED) is 0.311. The van der Waals surface area contributed by atoms with Crippen LogP contribution in [-0.2, 0) is 11.3 Å². The van der Waals surface area contributed by atoms with Crippen molar-refractivity contribution >= 4 is 41.3 Å². The van der Waals surface area contributed by atoms with Gasteiger partial charge in [-0.2, -0.15) is 0 Å². The zero-order valence-electron chi connectivity index (χ0n) is 17.1. The Hall–Kier alpha value is -1.36. The van der Waals surface area contributed by atoms with Crippen LogP contribution in [-0.4, -0.2) is 57.4 Å². The third kappa shape index (κ3) is 7.44. The first-order chi connectivity index (χ1) is 13.8. The van der Waals surface area contributed by atoms with E-state index in [9.17, 15) is 0 Å². The van der Waals surface area contributed by atoms with Crippen LogP contribution < -0.4 is 15.4 Å². The van der Waals surface area contributed by atoms with E-state index >= 15 is 0 Å². The minimum absolute atomic E-state index is 0. The highest BCUT2D eigenvalue weighted by Gasteiger charge is 2.23. The first kappa shape index (κ1) is 23.9. The Kier molecular flexibility index (Phi) is 10.8. The Bertz CT molecular complexity index is 736. The summed E-state index contributed by atoms with van der Waals surface area (Å²) >= 11 is 1.81. The summed E-state index contributed by atoms with van der Waals surface area (Å²) in [7, 11) is 1.68. The van der Waals surface area contributed by atoms with E-state index in [1.807, 2.05) is 29.5 Å². The van der Waals surface area contributed by atoms with Gasteiger partial charge in [-0.05, 0) is 36.1 Å². The van der Waals surface area contributed by atoms with Crippen LogP contribution in [0.5, 0.6) is 5.75 Å². The highest BCUT2D eigenvalue weighted by atomic mass is 127. The van der Waals surface area contributed by atoms with Gasteiger partial charge in [-0.15, -0.1) is 35.3 Å². The minimum atomic E-state index is 0. The Morgan fingerprint density at radius 1 is 1.24 bits per heavy atom. The largest absolute Gasteiger partial charge is 0.497 e. The average Bonchev–Trinajstić information content (AvgIpc) is 3.27. The second-order valence-electron chi connectivity index (χ2n) is 6.61. The summed E-state index contributed by atoms with van der Waals surface area (Å²) in [6.07, 6.45) is 0. The smallest absolute Gasteiger partial charge is 0.191 e. The molecule has 160 valence electrons. The number of ether oxygens (including phenoxy) is 2. The Labute approximate surface area is 194 Å². The minimum Gasteiger partial charge on any atom is -0.497 e. The predicted octanol–water partition coefficient (Wildman–Crippen LogP) is 3.50. The van der Waals surface area contributed by atoms with E-state index in [0.29, 0.717) is 12.6 Å². The lowest BCUT2D eigenvalue weighted by molar-refractivity contribution is 0.0177. The molecule has 1 aromatic carbocycles. The van der Waals surface area contributed by atoms with Crippen molar-refractivity contribution in [1.82, 2.24) is 15.5 Å². The molecule has 1 saturated heterocycles. The third-order valence-corrected chi connectivity index (χ3v) is 5.69. The molecule has 3 rings (SSSR count). The summed E-state index contributed by atoms with van der Waals surface area (Å²) in [5.41, 5.74) is 1.12. The number of hydrogen-bond acceptors (Lipinski definition) is 5. The van der Waals surface area contributed by atoms with Crippen LogP contribution in [0.1, 0.15) is 23.4 Å². The number of nitrogens with one attached hydrogen (secondary N) is 2. The van der Waals surface area contributed by atoms with E-state index in [2.05, 4.69) is 46.0 Å². The van der Waals surface area contributed by atoms with Crippen LogP contribution in [0, 0.1) is 0 Å². The molecule has 2 heterocycles. The number of rotatable bonds is 8. The number of thiophene rings is 1. The number of hydrogen-bond donors (Lipinski definition) is 2. The van der Waals surface area contributed by atoms with Crippen LogP contribution in [0.4, 0.5) is 0 Å². The molecule has 0 aliphatic carbocycles. The molecule has 1 aliphatic heterocycles. The maximum Gasteiger partial charge on any atom is 0.191 e. The van der Waals surface area contributed by atoms with Crippen molar-refractivity contribution in [2.75, 3.05) is 46.5 Å². The lowest BCUT2D eigenvalue weighted by atomic mass is 10.2. The van der Waals surface area contributed by atoms with Gasteiger partial charge in [0.15, 0.2) is 5.96 Å². The predicted molar refractivity (Wildman–Crippen MR) is 131 cm³/mol. The van der Waals surface area contributed by atoms with Crippen molar-refractivity contribution in [3.63, 3.8) is 0 Å². The highest BCUT2D eigenvalue weighted by Crippen LogP contribution is 2.25. The van der Waals surface area contributed by atoms with Gasteiger partial charge in [0, 0.05) is 31.1 Å². The van der Waals surface area contributed by atoms with Crippen LogP contribution in [0.15, 0.2) is 46.8 Å². The van der Waals surface area contributed by atoms with Crippen molar-refractivity contribution in [3.8, 4) is 5.75 Å². The molecule has 0 saturated carbocycles. The molecule has 6 nitrogen and oxygen atoms in total. The summed E-state index contributed by atoms with van der Waals surface area (Å²) in [5, 5.41) is 9.03. The maximum absolute atomic E-state index is 5.53. The fourth-order valence-corrected chi connectivity index (χ4v) is 4.12. The Morgan fingerprint density at radius 3 is 2.76 bits per heavy atom. The molecule has 1 aliphatic rings. The van der Waals surface area contributed by atoms with Crippen LogP contribution in [0.3, 0.4) is 0 Å². The number of aliphatic imine (C=N–C) groups is 1. The number of morpholine rings is 1. The molecule has 1 aromatic heterocycles. The van der Waals surface area contributed by atoms with E-state index in [-0.39, 0.29) is 24.0 Å². The molecule has 0 radical (unpaired) electrons. The van der Waals surface area contributed by atoms with Crippen molar-refractivity contribution < 1.29 is 9.47 Å². The summed E-state index contributed by atoms with van der Waals surface area (Å²) in [6.45, 7) is 7.84. The molecular formula is C21H31IN4O2S. The summed E-state index contributed by atoms with van der Waals surface area (Å²) in [4.78, 5) is 8.62. The van der Waals surface area contributed by atoms with Gasteiger partial charge in [-0.1, -0.05) is 18.2 Å². The third-order valence-electron chi connectivity index (χ3n) is 4.72. The standard InChI is InChI=1S/C21H30N4O2S.HI/c1-3-22-21(23-15-17-6-4-7-18(14-17)26-2)24-16-19(20-8-5-13-28-20)25-9-11-27-12-10-25;/h4-8,13-14,19H,3,9-12,15-16H2,1-2H3,(H2,22,23,24);1H. The number of benzene rings is 1. The molecular weight excluding hydrogens is 499 g/mol. The van der Waals surface area contributed by atoms with Crippen molar-refractivity contribution in [2.24, 2.45) is 4.99 Å². The molecule has 2 aromatic rings. The van der Waals surface area contributed by atoms with E-state index in [1.54, 1.807) is 7.11 Å². The molecule has 0 bridgehead atoms. The monoisotopic (exact) mass is 530 g/mol. The molecule has 1 atom stereocenters. The van der Waals surface area contributed by atoms with Crippen LogP contribution in [0.25, 0.3) is 0 Å². The number of guanidine groups is 1.